The van der Waals surface area contributed by atoms with Gasteiger partial charge in [-0.3, -0.25) is 9.89 Å². The number of nitrogens with zero attached hydrogens (tertiary/aromatic N) is 2. The summed E-state index contributed by atoms with van der Waals surface area (Å²) in [5.74, 6) is 1.16. The quantitative estimate of drug-likeness (QED) is 0.821. The third-order valence-electron chi connectivity index (χ3n) is 2.28. The second kappa shape index (κ2) is 4.14. The molecule has 0 saturated heterocycles. The van der Waals surface area contributed by atoms with Crippen LogP contribution in [-0.2, 0) is 0 Å². The molecule has 2 heterocycles. The molecule has 86 valence electrons. The fraction of sp³-hybridized carbons (Fsp3) is 0.182. The first-order valence-electron chi connectivity index (χ1n) is 4.93. The number of amides is 1. The fourth-order valence-electron chi connectivity index (χ4n) is 1.50. The zero-order valence-corrected chi connectivity index (χ0v) is 9.37. The summed E-state index contributed by atoms with van der Waals surface area (Å²) in [6, 6.07) is 3.57. The van der Waals surface area contributed by atoms with Gasteiger partial charge in [0.15, 0.2) is 0 Å². The molecule has 0 aliphatic carbocycles. The first-order chi connectivity index (χ1) is 8.11. The Labute approximate surface area is 97.2 Å². The molecule has 2 aromatic heterocycles. The second-order valence-corrected chi connectivity index (χ2v) is 3.55. The van der Waals surface area contributed by atoms with Gasteiger partial charge in [-0.25, -0.2) is 0 Å². The average Bonchev–Trinajstić information content (AvgIpc) is 2.84. The molecule has 0 aromatic carbocycles. The van der Waals surface area contributed by atoms with Crippen molar-refractivity contribution >= 4 is 11.7 Å². The Morgan fingerprint density at radius 2 is 2.35 bits per heavy atom. The Kier molecular flexibility index (Phi) is 2.66. The van der Waals surface area contributed by atoms with Gasteiger partial charge in [0.2, 0.25) is 0 Å². The molecule has 17 heavy (non-hydrogen) atoms. The van der Waals surface area contributed by atoms with E-state index in [0.717, 1.165) is 0 Å². The van der Waals surface area contributed by atoms with Gasteiger partial charge in [-0.15, -0.1) is 0 Å². The van der Waals surface area contributed by atoms with Crippen molar-refractivity contribution in [1.29, 1.82) is 5.26 Å². The molecule has 6 nitrogen and oxygen atoms in total. The highest BCUT2D eigenvalue weighted by Gasteiger charge is 2.15. The minimum Gasteiger partial charge on any atom is -0.466 e. The van der Waals surface area contributed by atoms with Crippen molar-refractivity contribution in [2.75, 3.05) is 5.32 Å². The monoisotopic (exact) mass is 230 g/mol. The topological polar surface area (TPSA) is 94.7 Å². The van der Waals surface area contributed by atoms with Gasteiger partial charge < -0.3 is 9.73 Å². The highest BCUT2D eigenvalue weighted by Crippen LogP contribution is 2.16. The van der Waals surface area contributed by atoms with E-state index in [1.807, 2.05) is 6.07 Å². The predicted octanol–water partition coefficient (Wildman–Crippen LogP) is 1.74. The zero-order valence-electron chi connectivity index (χ0n) is 9.37. The largest absolute Gasteiger partial charge is 0.466 e. The molecule has 2 aromatic rings. The molecule has 2 N–H and O–H groups in total. The maximum atomic E-state index is 11.9. The van der Waals surface area contributed by atoms with E-state index in [1.165, 1.54) is 6.20 Å². The van der Waals surface area contributed by atoms with Crippen LogP contribution in [-0.4, -0.2) is 16.1 Å². The Hall–Kier alpha value is -2.55. The lowest BCUT2D eigenvalue weighted by Crippen LogP contribution is -2.13. The zero-order chi connectivity index (χ0) is 12.4. The molecule has 2 rings (SSSR count). The summed E-state index contributed by atoms with van der Waals surface area (Å²) in [6.07, 6.45) is 1.35. The van der Waals surface area contributed by atoms with Crippen LogP contribution < -0.4 is 5.32 Å². The van der Waals surface area contributed by atoms with E-state index in [1.54, 1.807) is 19.9 Å². The van der Waals surface area contributed by atoms with Crippen LogP contribution in [0.5, 0.6) is 0 Å². The van der Waals surface area contributed by atoms with Gasteiger partial charge >= 0.3 is 0 Å². The van der Waals surface area contributed by atoms with Crippen molar-refractivity contribution in [3.8, 4) is 6.07 Å². The maximum Gasteiger partial charge on any atom is 0.260 e. The van der Waals surface area contributed by atoms with Crippen LogP contribution in [0.15, 0.2) is 16.7 Å². The van der Waals surface area contributed by atoms with Gasteiger partial charge in [-0.1, -0.05) is 0 Å². The van der Waals surface area contributed by atoms with Gasteiger partial charge in [0.25, 0.3) is 5.91 Å². The van der Waals surface area contributed by atoms with E-state index in [9.17, 15) is 4.79 Å². The number of aromatic nitrogens is 2. The molecular formula is C11H10N4O2. The highest BCUT2D eigenvalue weighted by molar-refractivity contribution is 6.05. The van der Waals surface area contributed by atoms with E-state index < -0.39 is 0 Å². The van der Waals surface area contributed by atoms with E-state index in [4.69, 9.17) is 9.68 Å². The average molecular weight is 230 g/mol. The first kappa shape index (κ1) is 11.0. The van der Waals surface area contributed by atoms with Crippen molar-refractivity contribution in [1.82, 2.24) is 10.2 Å². The second-order valence-electron chi connectivity index (χ2n) is 3.55. The van der Waals surface area contributed by atoms with Crippen LogP contribution >= 0.6 is 0 Å². The standard InChI is InChI=1S/C11H10N4O2/c1-6-3-9(7(2)17-6)11(16)14-10-8(4-12)5-13-15-10/h3,5H,1-2H3,(H2,13,14,15,16). The predicted molar refractivity (Wildman–Crippen MR) is 59.4 cm³/mol. The smallest absolute Gasteiger partial charge is 0.260 e. The summed E-state index contributed by atoms with van der Waals surface area (Å²) >= 11 is 0. The van der Waals surface area contributed by atoms with Gasteiger partial charge in [0, 0.05) is 0 Å². The highest BCUT2D eigenvalue weighted by atomic mass is 16.3. The number of aryl methyl sites for hydroxylation is 2. The third-order valence-corrected chi connectivity index (χ3v) is 2.28. The van der Waals surface area contributed by atoms with Crippen LogP contribution in [0, 0.1) is 25.2 Å². The van der Waals surface area contributed by atoms with Crippen molar-refractivity contribution in [3.63, 3.8) is 0 Å². The third kappa shape index (κ3) is 2.03. The SMILES string of the molecule is Cc1cc(C(=O)Nc2[nH]ncc2C#N)c(C)o1. The Balaban J connectivity index is 2.24. The first-order valence-corrected chi connectivity index (χ1v) is 4.93. The van der Waals surface area contributed by atoms with Crippen molar-refractivity contribution in [2.45, 2.75) is 13.8 Å². The number of H-pyrrole nitrogens is 1. The molecule has 1 amide bonds. The number of nitrogens with one attached hydrogen (secondary N) is 2. The molecule has 0 bridgehead atoms. The van der Waals surface area contributed by atoms with E-state index in [0.29, 0.717) is 17.1 Å². The summed E-state index contributed by atoms with van der Waals surface area (Å²) < 4.78 is 5.26. The molecule has 0 unspecified atom stereocenters. The fourth-order valence-corrected chi connectivity index (χ4v) is 1.50. The van der Waals surface area contributed by atoms with Crippen molar-refractivity contribution in [2.24, 2.45) is 0 Å². The summed E-state index contributed by atoms with van der Waals surface area (Å²) in [5, 5.41) is 17.6. The minimum absolute atomic E-state index is 0.288. The Bertz CT molecular complexity index is 603. The van der Waals surface area contributed by atoms with Crippen LogP contribution in [0.25, 0.3) is 0 Å². The molecule has 0 aliphatic rings. The van der Waals surface area contributed by atoms with Gasteiger partial charge in [-0.2, -0.15) is 10.4 Å². The van der Waals surface area contributed by atoms with Crippen LogP contribution in [0.3, 0.4) is 0 Å². The number of hydrogen-bond donors (Lipinski definition) is 2. The molecule has 6 heteroatoms. The van der Waals surface area contributed by atoms with Gasteiger partial charge in [-0.05, 0) is 19.9 Å². The summed E-state index contributed by atoms with van der Waals surface area (Å²) in [7, 11) is 0. The summed E-state index contributed by atoms with van der Waals surface area (Å²) in [5.41, 5.74) is 0.734. The van der Waals surface area contributed by atoms with Crippen LogP contribution in [0.2, 0.25) is 0 Å². The number of hydrogen-bond acceptors (Lipinski definition) is 4. The molecule has 0 aliphatic heterocycles. The van der Waals surface area contributed by atoms with E-state index in [-0.39, 0.29) is 17.3 Å². The molecule has 0 radical (unpaired) electrons. The molecule has 0 spiro atoms. The minimum atomic E-state index is -0.333. The molecule has 0 fully saturated rings. The summed E-state index contributed by atoms with van der Waals surface area (Å²) in [6.45, 7) is 3.47. The van der Waals surface area contributed by atoms with Crippen LogP contribution in [0.1, 0.15) is 27.4 Å². The number of nitriles is 1. The van der Waals surface area contributed by atoms with Crippen molar-refractivity contribution in [3.05, 3.63) is 34.9 Å². The molecule has 0 atom stereocenters. The number of furan rings is 1. The number of rotatable bonds is 2. The number of anilines is 1. The number of carbonyl (C=O) groups is 1. The molecule has 0 saturated carbocycles. The van der Waals surface area contributed by atoms with Crippen LogP contribution in [0.4, 0.5) is 5.82 Å². The Morgan fingerprint density at radius 3 is 2.94 bits per heavy atom. The lowest BCUT2D eigenvalue weighted by Gasteiger charge is -2.00. The maximum absolute atomic E-state index is 11.9. The van der Waals surface area contributed by atoms with Gasteiger partial charge in [0.1, 0.15) is 29.0 Å². The van der Waals surface area contributed by atoms with Gasteiger partial charge in [0.05, 0.1) is 11.8 Å². The Morgan fingerprint density at radius 1 is 1.59 bits per heavy atom. The number of carbonyl (C=O) groups excluding carboxylic acids is 1. The molecular weight excluding hydrogens is 220 g/mol. The van der Waals surface area contributed by atoms with E-state index >= 15 is 0 Å². The summed E-state index contributed by atoms with van der Waals surface area (Å²) in [4.78, 5) is 11.9. The number of aromatic amines is 1. The van der Waals surface area contributed by atoms with Crippen molar-refractivity contribution < 1.29 is 9.21 Å². The van der Waals surface area contributed by atoms with E-state index in [2.05, 4.69) is 15.5 Å². The lowest BCUT2D eigenvalue weighted by atomic mass is 10.2. The lowest BCUT2D eigenvalue weighted by molar-refractivity contribution is 0.102. The normalized spacial score (nSPS) is 9.94.